The summed E-state index contributed by atoms with van der Waals surface area (Å²) in [5.41, 5.74) is 0.979. The van der Waals surface area contributed by atoms with Gasteiger partial charge in [-0.25, -0.2) is 0 Å². The van der Waals surface area contributed by atoms with Gasteiger partial charge in [-0.1, -0.05) is 35.5 Å². The van der Waals surface area contributed by atoms with Crippen LogP contribution in [-0.4, -0.2) is 32.5 Å². The van der Waals surface area contributed by atoms with Crippen LogP contribution >= 0.6 is 0 Å². The van der Waals surface area contributed by atoms with Crippen molar-refractivity contribution in [3.63, 3.8) is 0 Å². The third-order valence-corrected chi connectivity index (χ3v) is 4.20. The van der Waals surface area contributed by atoms with Crippen molar-refractivity contribution in [1.82, 2.24) is 25.2 Å². The van der Waals surface area contributed by atoms with Crippen molar-refractivity contribution in [2.45, 2.75) is 38.8 Å². The minimum Gasteiger partial charge on any atom is -0.339 e. The van der Waals surface area contributed by atoms with Gasteiger partial charge in [0.05, 0.1) is 6.04 Å². The van der Waals surface area contributed by atoms with Crippen molar-refractivity contribution < 1.29 is 4.52 Å². The molecule has 2 heterocycles. The fourth-order valence-corrected chi connectivity index (χ4v) is 2.55. The molecular formula is C18H23N5O. The summed E-state index contributed by atoms with van der Waals surface area (Å²) in [6.07, 6.45) is 5.53. The smallest absolute Gasteiger partial charge is 0.227 e. The van der Waals surface area contributed by atoms with Gasteiger partial charge >= 0.3 is 0 Å². The number of nitrogens with one attached hydrogen (secondary N) is 1. The molecule has 2 aromatic heterocycles. The molecule has 0 aliphatic heterocycles. The second-order valence-electron chi connectivity index (χ2n) is 5.95. The molecule has 3 aromatic rings. The fourth-order valence-electron chi connectivity index (χ4n) is 2.55. The highest BCUT2D eigenvalue weighted by Crippen LogP contribution is 2.15. The number of hydrogen-bond donors (Lipinski definition) is 1. The highest BCUT2D eigenvalue weighted by atomic mass is 16.5. The Morgan fingerprint density at radius 1 is 1.17 bits per heavy atom. The van der Waals surface area contributed by atoms with E-state index < -0.39 is 0 Å². The van der Waals surface area contributed by atoms with E-state index >= 15 is 0 Å². The van der Waals surface area contributed by atoms with Crippen molar-refractivity contribution in [1.29, 1.82) is 0 Å². The van der Waals surface area contributed by atoms with Crippen molar-refractivity contribution in [2.24, 2.45) is 0 Å². The van der Waals surface area contributed by atoms with Gasteiger partial charge in [-0.3, -0.25) is 4.68 Å². The molecule has 2 atom stereocenters. The molecule has 0 unspecified atom stereocenters. The largest absolute Gasteiger partial charge is 0.339 e. The van der Waals surface area contributed by atoms with E-state index in [1.807, 2.05) is 53.5 Å². The van der Waals surface area contributed by atoms with Gasteiger partial charge in [0.25, 0.3) is 0 Å². The molecule has 0 aliphatic rings. The molecule has 3 rings (SSSR count). The molecule has 0 amide bonds. The Hall–Kier alpha value is -2.47. The summed E-state index contributed by atoms with van der Waals surface area (Å²) in [6, 6.07) is 12.5. The number of aromatic nitrogens is 4. The Morgan fingerprint density at radius 2 is 2.00 bits per heavy atom. The van der Waals surface area contributed by atoms with Crippen LogP contribution in [0.3, 0.4) is 0 Å². The Balaban J connectivity index is 1.43. The van der Waals surface area contributed by atoms with Crippen molar-refractivity contribution in [3.05, 3.63) is 54.7 Å². The summed E-state index contributed by atoms with van der Waals surface area (Å²) < 4.78 is 7.30. The lowest BCUT2D eigenvalue weighted by molar-refractivity contribution is 0.353. The molecule has 1 aromatic carbocycles. The van der Waals surface area contributed by atoms with Gasteiger partial charge in [0.2, 0.25) is 11.7 Å². The summed E-state index contributed by atoms with van der Waals surface area (Å²) in [5, 5.41) is 11.9. The van der Waals surface area contributed by atoms with E-state index in [0.29, 0.717) is 23.8 Å². The Morgan fingerprint density at radius 3 is 2.75 bits per heavy atom. The second kappa shape index (κ2) is 7.88. The number of hydrogen-bond acceptors (Lipinski definition) is 5. The van der Waals surface area contributed by atoms with Crippen LogP contribution < -0.4 is 5.32 Å². The quantitative estimate of drug-likeness (QED) is 0.645. The lowest BCUT2D eigenvalue weighted by atomic mass is 10.1. The number of aryl methyl sites for hydroxylation is 1. The zero-order valence-corrected chi connectivity index (χ0v) is 14.1. The molecule has 126 valence electrons. The Bertz CT molecular complexity index is 723. The summed E-state index contributed by atoms with van der Waals surface area (Å²) >= 11 is 0. The van der Waals surface area contributed by atoms with E-state index in [1.54, 1.807) is 0 Å². The molecule has 0 radical (unpaired) electrons. The number of nitrogens with zero attached hydrogens (tertiary/aromatic N) is 4. The first-order valence-electron chi connectivity index (χ1n) is 8.34. The molecule has 0 bridgehead atoms. The SMILES string of the molecule is C[C@H]([C@@H](C)NCCCc1nc(-c2ccccc2)no1)n1cccn1. The van der Waals surface area contributed by atoms with Crippen LogP contribution in [0.15, 0.2) is 53.3 Å². The van der Waals surface area contributed by atoms with Crippen LogP contribution in [-0.2, 0) is 6.42 Å². The lowest BCUT2D eigenvalue weighted by Gasteiger charge is -2.21. The minimum atomic E-state index is 0.313. The van der Waals surface area contributed by atoms with Gasteiger partial charge in [0.15, 0.2) is 0 Å². The summed E-state index contributed by atoms with van der Waals surface area (Å²) in [7, 11) is 0. The number of benzene rings is 1. The minimum absolute atomic E-state index is 0.313. The molecule has 0 saturated carbocycles. The van der Waals surface area contributed by atoms with Gasteiger partial charge in [-0.2, -0.15) is 10.1 Å². The van der Waals surface area contributed by atoms with E-state index in [2.05, 4.69) is 34.4 Å². The molecule has 6 heteroatoms. The summed E-state index contributed by atoms with van der Waals surface area (Å²) in [6.45, 7) is 5.23. The predicted octanol–water partition coefficient (Wildman–Crippen LogP) is 3.11. The van der Waals surface area contributed by atoms with E-state index in [0.717, 1.165) is 24.9 Å². The standard InChI is InChI=1S/C18H23N5O/c1-14(15(2)23-13-7-12-20-23)19-11-6-10-17-21-18(22-24-17)16-8-4-3-5-9-16/h3-5,7-9,12-15,19H,6,10-11H2,1-2H3/t14-,15-/m1/s1. The van der Waals surface area contributed by atoms with E-state index in [-0.39, 0.29) is 0 Å². The maximum Gasteiger partial charge on any atom is 0.227 e. The molecule has 0 aliphatic carbocycles. The average molecular weight is 325 g/mol. The Labute approximate surface area is 141 Å². The highest BCUT2D eigenvalue weighted by Gasteiger charge is 2.13. The van der Waals surface area contributed by atoms with Gasteiger partial charge < -0.3 is 9.84 Å². The molecule has 0 spiro atoms. The molecule has 0 saturated heterocycles. The average Bonchev–Trinajstić information content (AvgIpc) is 3.30. The lowest BCUT2D eigenvalue weighted by Crippen LogP contribution is -2.34. The molecule has 1 N–H and O–H groups in total. The molecule has 24 heavy (non-hydrogen) atoms. The van der Waals surface area contributed by atoms with Gasteiger partial charge in [-0.15, -0.1) is 0 Å². The number of rotatable bonds is 8. The van der Waals surface area contributed by atoms with Crippen LogP contribution in [0.1, 0.15) is 32.2 Å². The normalized spacial score (nSPS) is 13.8. The molecule has 0 fully saturated rings. The zero-order chi connectivity index (χ0) is 16.8. The second-order valence-corrected chi connectivity index (χ2v) is 5.95. The highest BCUT2D eigenvalue weighted by molar-refractivity contribution is 5.53. The van der Waals surface area contributed by atoms with Gasteiger partial charge in [0.1, 0.15) is 0 Å². The monoisotopic (exact) mass is 325 g/mol. The van der Waals surface area contributed by atoms with Crippen LogP contribution in [0.4, 0.5) is 0 Å². The van der Waals surface area contributed by atoms with E-state index in [4.69, 9.17) is 4.52 Å². The van der Waals surface area contributed by atoms with Crippen LogP contribution in [0.5, 0.6) is 0 Å². The van der Waals surface area contributed by atoms with Crippen molar-refractivity contribution in [3.8, 4) is 11.4 Å². The Kier molecular flexibility index (Phi) is 5.38. The van der Waals surface area contributed by atoms with Crippen LogP contribution in [0.2, 0.25) is 0 Å². The topological polar surface area (TPSA) is 68.8 Å². The third kappa shape index (κ3) is 4.08. The summed E-state index contributed by atoms with van der Waals surface area (Å²) in [5.74, 6) is 1.34. The van der Waals surface area contributed by atoms with Crippen molar-refractivity contribution in [2.75, 3.05) is 6.54 Å². The van der Waals surface area contributed by atoms with Crippen LogP contribution in [0, 0.1) is 0 Å². The van der Waals surface area contributed by atoms with Gasteiger partial charge in [-0.05, 0) is 32.9 Å². The maximum atomic E-state index is 5.33. The van der Waals surface area contributed by atoms with E-state index in [1.165, 1.54) is 0 Å². The first-order chi connectivity index (χ1) is 11.7. The molecule has 6 nitrogen and oxygen atoms in total. The first kappa shape index (κ1) is 16.4. The van der Waals surface area contributed by atoms with Gasteiger partial charge in [0, 0.05) is 30.4 Å². The predicted molar refractivity (Wildman–Crippen MR) is 92.5 cm³/mol. The fraction of sp³-hybridized carbons (Fsp3) is 0.389. The van der Waals surface area contributed by atoms with E-state index in [9.17, 15) is 0 Å². The summed E-state index contributed by atoms with van der Waals surface area (Å²) in [4.78, 5) is 4.45. The third-order valence-electron chi connectivity index (χ3n) is 4.20. The molecular weight excluding hydrogens is 302 g/mol. The first-order valence-corrected chi connectivity index (χ1v) is 8.34. The van der Waals surface area contributed by atoms with Crippen LogP contribution in [0.25, 0.3) is 11.4 Å². The zero-order valence-electron chi connectivity index (χ0n) is 14.1. The van der Waals surface area contributed by atoms with Crippen molar-refractivity contribution >= 4 is 0 Å². The maximum absolute atomic E-state index is 5.33.